The van der Waals surface area contributed by atoms with Gasteiger partial charge in [0.2, 0.25) is 5.13 Å². The Morgan fingerprint density at radius 3 is 2.84 bits per heavy atom. The van der Waals surface area contributed by atoms with E-state index in [0.29, 0.717) is 5.01 Å². The Labute approximate surface area is 113 Å². The number of benzene rings is 1. The van der Waals surface area contributed by atoms with Gasteiger partial charge in [-0.3, -0.25) is 0 Å². The van der Waals surface area contributed by atoms with Gasteiger partial charge >= 0.3 is 0 Å². The number of ether oxygens (including phenoxy) is 1. The molecule has 102 valence electrons. The average molecular weight is 285 g/mol. The maximum absolute atomic E-state index is 13.0. The first-order valence-corrected chi connectivity index (χ1v) is 6.64. The molecule has 0 aliphatic heterocycles. The second-order valence-electron chi connectivity index (χ2n) is 3.79. The van der Waals surface area contributed by atoms with Gasteiger partial charge in [-0.25, -0.2) is 8.78 Å². The minimum Gasteiger partial charge on any atom is -0.486 e. The van der Waals surface area contributed by atoms with Gasteiger partial charge in [-0.1, -0.05) is 18.3 Å². The van der Waals surface area contributed by atoms with Crippen molar-refractivity contribution in [2.45, 2.75) is 20.0 Å². The van der Waals surface area contributed by atoms with Crippen molar-refractivity contribution in [3.05, 3.63) is 34.8 Å². The number of anilines is 1. The van der Waals surface area contributed by atoms with Crippen molar-refractivity contribution in [3.8, 4) is 5.75 Å². The molecule has 7 heteroatoms. The van der Waals surface area contributed by atoms with Gasteiger partial charge in [-0.05, 0) is 18.6 Å². The lowest BCUT2D eigenvalue weighted by molar-refractivity contribution is 0.301. The first-order chi connectivity index (χ1) is 9.19. The molecule has 0 aliphatic carbocycles. The quantitative estimate of drug-likeness (QED) is 0.885. The van der Waals surface area contributed by atoms with Gasteiger partial charge in [0.25, 0.3) is 0 Å². The van der Waals surface area contributed by atoms with Crippen molar-refractivity contribution >= 4 is 16.5 Å². The molecule has 0 amide bonds. The van der Waals surface area contributed by atoms with Gasteiger partial charge in [0.15, 0.2) is 16.6 Å². The molecule has 2 rings (SSSR count). The van der Waals surface area contributed by atoms with Gasteiger partial charge in [0, 0.05) is 12.6 Å². The molecule has 0 fully saturated rings. The Morgan fingerprint density at radius 2 is 2.11 bits per heavy atom. The summed E-state index contributed by atoms with van der Waals surface area (Å²) < 4.78 is 31.0. The summed E-state index contributed by atoms with van der Waals surface area (Å²) in [6, 6.07) is 3.40. The molecule has 1 N–H and O–H groups in total. The van der Waals surface area contributed by atoms with E-state index in [2.05, 4.69) is 22.4 Å². The third-order valence-corrected chi connectivity index (χ3v) is 3.10. The molecule has 0 saturated heterocycles. The molecular weight excluding hydrogens is 272 g/mol. The standard InChI is InChI=1S/C12H13F2N3OS/c1-2-5-15-12-17-16-11(19-12)7-18-8-3-4-9(13)10(14)6-8/h3-4,6H,2,5,7H2,1H3,(H,15,17). The highest BCUT2D eigenvalue weighted by Gasteiger charge is 2.06. The van der Waals surface area contributed by atoms with Crippen LogP contribution in [-0.2, 0) is 6.61 Å². The summed E-state index contributed by atoms with van der Waals surface area (Å²) in [5.74, 6) is -1.56. The molecule has 4 nitrogen and oxygen atoms in total. The molecule has 1 aromatic carbocycles. The molecule has 19 heavy (non-hydrogen) atoms. The lowest BCUT2D eigenvalue weighted by Crippen LogP contribution is -1.98. The molecule has 0 aliphatic rings. The van der Waals surface area contributed by atoms with Crippen LogP contribution in [0.5, 0.6) is 5.75 Å². The maximum atomic E-state index is 13.0. The predicted molar refractivity (Wildman–Crippen MR) is 69.4 cm³/mol. The highest BCUT2D eigenvalue weighted by atomic mass is 32.1. The van der Waals surface area contributed by atoms with Crippen molar-refractivity contribution < 1.29 is 13.5 Å². The van der Waals surface area contributed by atoms with Gasteiger partial charge < -0.3 is 10.1 Å². The van der Waals surface area contributed by atoms with Crippen LogP contribution in [0.4, 0.5) is 13.9 Å². The summed E-state index contributed by atoms with van der Waals surface area (Å²) in [6.07, 6.45) is 1.00. The lowest BCUT2D eigenvalue weighted by Gasteiger charge is -2.03. The SMILES string of the molecule is CCCNc1nnc(COc2ccc(F)c(F)c2)s1. The Balaban J connectivity index is 1.91. The van der Waals surface area contributed by atoms with Gasteiger partial charge in [-0.15, -0.1) is 10.2 Å². The van der Waals surface area contributed by atoms with Crippen LogP contribution in [0.15, 0.2) is 18.2 Å². The zero-order valence-corrected chi connectivity index (χ0v) is 11.1. The van der Waals surface area contributed by atoms with E-state index in [9.17, 15) is 8.78 Å². The first kappa shape index (κ1) is 13.7. The fourth-order valence-electron chi connectivity index (χ4n) is 1.33. The van der Waals surface area contributed by atoms with Crippen molar-refractivity contribution in [2.24, 2.45) is 0 Å². The number of halogens is 2. The second kappa shape index (κ2) is 6.42. The average Bonchev–Trinajstić information content (AvgIpc) is 2.86. The highest BCUT2D eigenvalue weighted by Crippen LogP contribution is 2.19. The van der Waals surface area contributed by atoms with E-state index in [4.69, 9.17) is 4.74 Å². The Kier molecular flexibility index (Phi) is 4.62. The van der Waals surface area contributed by atoms with Gasteiger partial charge in [0.05, 0.1) is 0 Å². The molecule has 1 aromatic heterocycles. The van der Waals surface area contributed by atoms with Crippen molar-refractivity contribution in [1.29, 1.82) is 0 Å². The van der Waals surface area contributed by atoms with E-state index in [1.165, 1.54) is 17.4 Å². The maximum Gasteiger partial charge on any atom is 0.205 e. The number of aromatic nitrogens is 2. The third kappa shape index (κ3) is 3.85. The molecule has 0 unspecified atom stereocenters. The number of nitrogens with zero attached hydrogens (tertiary/aromatic N) is 2. The van der Waals surface area contributed by atoms with Gasteiger partial charge in [-0.2, -0.15) is 0 Å². The summed E-state index contributed by atoms with van der Waals surface area (Å²) in [4.78, 5) is 0. The molecule has 0 radical (unpaired) electrons. The van der Waals surface area contributed by atoms with Crippen LogP contribution >= 0.6 is 11.3 Å². The summed E-state index contributed by atoms with van der Waals surface area (Å²) >= 11 is 1.37. The fraction of sp³-hybridized carbons (Fsp3) is 0.333. The van der Waals surface area contributed by atoms with Gasteiger partial charge in [0.1, 0.15) is 12.4 Å². The summed E-state index contributed by atoms with van der Waals surface area (Å²) in [6.45, 7) is 3.07. The normalized spacial score (nSPS) is 10.5. The van der Waals surface area contributed by atoms with Crippen LogP contribution in [0.1, 0.15) is 18.4 Å². The highest BCUT2D eigenvalue weighted by molar-refractivity contribution is 7.15. The van der Waals surface area contributed by atoms with Crippen LogP contribution in [-0.4, -0.2) is 16.7 Å². The zero-order valence-electron chi connectivity index (χ0n) is 10.3. The van der Waals surface area contributed by atoms with E-state index in [1.54, 1.807) is 0 Å². The largest absolute Gasteiger partial charge is 0.486 e. The third-order valence-electron chi connectivity index (χ3n) is 2.25. The van der Waals surface area contributed by atoms with E-state index in [1.807, 2.05) is 0 Å². The van der Waals surface area contributed by atoms with Crippen molar-refractivity contribution in [3.63, 3.8) is 0 Å². The molecule has 0 bridgehead atoms. The summed E-state index contributed by atoms with van der Waals surface area (Å²) in [5, 5.41) is 12.4. The molecule has 2 aromatic rings. The van der Waals surface area contributed by atoms with Crippen LogP contribution in [0, 0.1) is 11.6 Å². The fourth-order valence-corrected chi connectivity index (χ4v) is 2.01. The number of nitrogens with one attached hydrogen (secondary N) is 1. The molecule has 0 spiro atoms. The van der Waals surface area contributed by atoms with Crippen LogP contribution in [0.3, 0.4) is 0 Å². The van der Waals surface area contributed by atoms with E-state index < -0.39 is 11.6 Å². The van der Waals surface area contributed by atoms with Crippen LogP contribution in [0.2, 0.25) is 0 Å². The number of hydrogen-bond acceptors (Lipinski definition) is 5. The molecular formula is C12H13F2N3OS. The summed E-state index contributed by atoms with van der Waals surface area (Å²) in [5.41, 5.74) is 0. The lowest BCUT2D eigenvalue weighted by atomic mass is 10.3. The summed E-state index contributed by atoms with van der Waals surface area (Å²) in [7, 11) is 0. The molecule has 1 heterocycles. The smallest absolute Gasteiger partial charge is 0.205 e. The molecule has 0 saturated carbocycles. The van der Waals surface area contributed by atoms with Crippen molar-refractivity contribution in [1.82, 2.24) is 10.2 Å². The number of rotatable bonds is 6. The second-order valence-corrected chi connectivity index (χ2v) is 4.85. The van der Waals surface area contributed by atoms with Crippen LogP contribution < -0.4 is 10.1 Å². The minimum atomic E-state index is -0.930. The predicted octanol–water partition coefficient (Wildman–Crippen LogP) is 3.22. The Hall–Kier alpha value is -1.76. The van der Waals surface area contributed by atoms with Crippen LogP contribution in [0.25, 0.3) is 0 Å². The Bertz CT molecular complexity index is 548. The topological polar surface area (TPSA) is 47.0 Å². The monoisotopic (exact) mass is 285 g/mol. The molecule has 0 atom stereocenters. The van der Waals surface area contributed by atoms with E-state index >= 15 is 0 Å². The zero-order chi connectivity index (χ0) is 13.7. The van der Waals surface area contributed by atoms with E-state index in [0.717, 1.165) is 30.2 Å². The first-order valence-electron chi connectivity index (χ1n) is 5.83. The number of hydrogen-bond donors (Lipinski definition) is 1. The van der Waals surface area contributed by atoms with Crippen molar-refractivity contribution in [2.75, 3.05) is 11.9 Å². The van der Waals surface area contributed by atoms with E-state index in [-0.39, 0.29) is 12.4 Å². The minimum absolute atomic E-state index is 0.177. The Morgan fingerprint density at radius 1 is 1.26 bits per heavy atom.